The van der Waals surface area contributed by atoms with Gasteiger partial charge in [-0.3, -0.25) is 9.59 Å². The van der Waals surface area contributed by atoms with E-state index >= 15 is 0 Å². The molecule has 1 unspecified atom stereocenters. The Labute approximate surface area is 122 Å². The molecule has 2 amide bonds. The van der Waals surface area contributed by atoms with E-state index in [1.54, 1.807) is 13.8 Å². The van der Waals surface area contributed by atoms with Crippen LogP contribution in [0.15, 0.2) is 18.2 Å². The largest absolute Gasteiger partial charge is 0.333 e. The molecule has 0 heterocycles. The molecule has 0 aliphatic carbocycles. The molecule has 116 valence electrons. The first-order chi connectivity index (χ1) is 9.90. The van der Waals surface area contributed by atoms with Gasteiger partial charge in [-0.25, -0.2) is 8.78 Å². The molecule has 0 fully saturated rings. The van der Waals surface area contributed by atoms with E-state index in [4.69, 9.17) is 5.73 Å². The van der Waals surface area contributed by atoms with Crippen LogP contribution in [0, 0.1) is 17.6 Å². The Morgan fingerprint density at radius 2 is 1.90 bits per heavy atom. The highest BCUT2D eigenvalue weighted by atomic mass is 19.1. The summed E-state index contributed by atoms with van der Waals surface area (Å²) in [6.07, 6.45) is 0. The molecule has 1 atom stereocenters. The molecule has 7 heteroatoms. The maximum atomic E-state index is 13.4. The summed E-state index contributed by atoms with van der Waals surface area (Å²) in [6.45, 7) is 3.54. The van der Waals surface area contributed by atoms with E-state index in [0.29, 0.717) is 6.54 Å². The van der Waals surface area contributed by atoms with Crippen molar-refractivity contribution in [1.29, 1.82) is 0 Å². The van der Waals surface area contributed by atoms with Gasteiger partial charge in [0.1, 0.15) is 17.3 Å². The van der Waals surface area contributed by atoms with Crippen LogP contribution in [-0.4, -0.2) is 36.3 Å². The van der Waals surface area contributed by atoms with Gasteiger partial charge in [-0.2, -0.15) is 0 Å². The van der Waals surface area contributed by atoms with Gasteiger partial charge in [0.2, 0.25) is 11.8 Å². The van der Waals surface area contributed by atoms with Crippen molar-refractivity contribution in [2.45, 2.75) is 13.8 Å². The van der Waals surface area contributed by atoms with Crippen molar-refractivity contribution in [2.24, 2.45) is 11.7 Å². The topological polar surface area (TPSA) is 75.4 Å². The van der Waals surface area contributed by atoms with Gasteiger partial charge in [0, 0.05) is 19.0 Å². The van der Waals surface area contributed by atoms with Crippen molar-refractivity contribution in [3.63, 3.8) is 0 Å². The number of para-hydroxylation sites is 1. The fraction of sp³-hybridized carbons (Fsp3) is 0.429. The molecule has 0 aromatic heterocycles. The van der Waals surface area contributed by atoms with Gasteiger partial charge in [-0.05, 0) is 19.1 Å². The second kappa shape index (κ2) is 7.68. The second-order valence-electron chi connectivity index (χ2n) is 4.63. The number of hydrogen-bond acceptors (Lipinski definition) is 3. The summed E-state index contributed by atoms with van der Waals surface area (Å²) in [6, 6.07) is 3.28. The molecule has 3 N–H and O–H groups in total. The minimum Gasteiger partial charge on any atom is -0.333 e. The SMILES string of the molecule is CCN(CC(=O)Nc1c(F)cccc1F)C(=O)C(C)CN. The lowest BCUT2D eigenvalue weighted by atomic mass is 10.1. The summed E-state index contributed by atoms with van der Waals surface area (Å²) in [7, 11) is 0. The van der Waals surface area contributed by atoms with Crippen LogP contribution in [0.25, 0.3) is 0 Å². The number of hydrogen-bond donors (Lipinski definition) is 2. The Morgan fingerprint density at radius 1 is 1.33 bits per heavy atom. The molecule has 0 saturated carbocycles. The number of rotatable bonds is 6. The zero-order valence-corrected chi connectivity index (χ0v) is 12.0. The third-order valence-electron chi connectivity index (χ3n) is 3.03. The summed E-state index contributed by atoms with van der Waals surface area (Å²) < 4.78 is 26.8. The minimum atomic E-state index is -0.868. The number of halogens is 2. The zero-order chi connectivity index (χ0) is 16.0. The third kappa shape index (κ3) is 4.49. The average Bonchev–Trinajstić information content (AvgIpc) is 2.47. The van der Waals surface area contributed by atoms with E-state index in [9.17, 15) is 18.4 Å². The van der Waals surface area contributed by atoms with Gasteiger partial charge >= 0.3 is 0 Å². The van der Waals surface area contributed by atoms with Gasteiger partial charge in [0.05, 0.1) is 6.54 Å². The van der Waals surface area contributed by atoms with Crippen molar-refractivity contribution in [3.05, 3.63) is 29.8 Å². The highest BCUT2D eigenvalue weighted by Gasteiger charge is 2.21. The number of benzene rings is 1. The van der Waals surface area contributed by atoms with Crippen LogP contribution in [0.1, 0.15) is 13.8 Å². The van der Waals surface area contributed by atoms with Crippen LogP contribution < -0.4 is 11.1 Å². The van der Waals surface area contributed by atoms with Gasteiger partial charge in [0.25, 0.3) is 0 Å². The van der Waals surface area contributed by atoms with Crippen molar-refractivity contribution in [1.82, 2.24) is 4.90 Å². The Kier molecular flexibility index (Phi) is 6.23. The van der Waals surface area contributed by atoms with Gasteiger partial charge in [0.15, 0.2) is 0 Å². The lowest BCUT2D eigenvalue weighted by Gasteiger charge is -2.23. The minimum absolute atomic E-state index is 0.166. The molecule has 0 bridgehead atoms. The van der Waals surface area contributed by atoms with Gasteiger partial charge < -0.3 is 16.0 Å². The summed E-state index contributed by atoms with van der Waals surface area (Å²) in [5.74, 6) is -3.09. The van der Waals surface area contributed by atoms with E-state index in [2.05, 4.69) is 5.32 Å². The number of nitrogens with one attached hydrogen (secondary N) is 1. The molecule has 5 nitrogen and oxygen atoms in total. The molecule has 1 rings (SSSR count). The molecule has 0 aliphatic heterocycles. The number of carbonyl (C=O) groups excluding carboxylic acids is 2. The fourth-order valence-electron chi connectivity index (χ4n) is 1.73. The first kappa shape index (κ1) is 17.0. The highest BCUT2D eigenvalue weighted by molar-refractivity contribution is 5.95. The lowest BCUT2D eigenvalue weighted by Crippen LogP contribution is -2.42. The summed E-state index contributed by atoms with van der Waals surface area (Å²) in [5.41, 5.74) is 4.90. The smallest absolute Gasteiger partial charge is 0.244 e. The summed E-state index contributed by atoms with van der Waals surface area (Å²) in [4.78, 5) is 25.1. The predicted octanol–water partition coefficient (Wildman–Crippen LogP) is 1.35. The van der Waals surface area contributed by atoms with Crippen LogP contribution in [0.3, 0.4) is 0 Å². The molecular weight excluding hydrogens is 280 g/mol. The van der Waals surface area contributed by atoms with E-state index in [1.807, 2.05) is 0 Å². The van der Waals surface area contributed by atoms with Gasteiger partial charge in [-0.15, -0.1) is 0 Å². The van der Waals surface area contributed by atoms with Crippen molar-refractivity contribution < 1.29 is 18.4 Å². The Bertz CT molecular complexity index is 503. The number of nitrogens with zero attached hydrogens (tertiary/aromatic N) is 1. The monoisotopic (exact) mass is 299 g/mol. The molecule has 0 saturated heterocycles. The van der Waals surface area contributed by atoms with Crippen LogP contribution >= 0.6 is 0 Å². The van der Waals surface area contributed by atoms with Gasteiger partial charge in [-0.1, -0.05) is 13.0 Å². The van der Waals surface area contributed by atoms with E-state index in [-0.39, 0.29) is 19.0 Å². The van der Waals surface area contributed by atoms with E-state index in [0.717, 1.165) is 12.1 Å². The third-order valence-corrected chi connectivity index (χ3v) is 3.03. The molecule has 0 aliphatic rings. The molecule has 0 radical (unpaired) electrons. The molecule has 1 aromatic rings. The van der Waals surface area contributed by atoms with Crippen molar-refractivity contribution >= 4 is 17.5 Å². The van der Waals surface area contributed by atoms with E-state index in [1.165, 1.54) is 11.0 Å². The first-order valence-corrected chi connectivity index (χ1v) is 6.63. The Hall–Kier alpha value is -2.02. The molecule has 1 aromatic carbocycles. The van der Waals surface area contributed by atoms with Crippen LogP contribution in [0.5, 0.6) is 0 Å². The Balaban J connectivity index is 2.74. The number of anilines is 1. The number of amides is 2. The number of carbonyl (C=O) groups is 2. The van der Waals surface area contributed by atoms with E-state index < -0.39 is 29.1 Å². The maximum absolute atomic E-state index is 13.4. The highest BCUT2D eigenvalue weighted by Crippen LogP contribution is 2.17. The summed E-state index contributed by atoms with van der Waals surface area (Å²) in [5, 5.41) is 2.14. The first-order valence-electron chi connectivity index (χ1n) is 6.63. The van der Waals surface area contributed by atoms with Crippen molar-refractivity contribution in [3.8, 4) is 0 Å². The van der Waals surface area contributed by atoms with Crippen molar-refractivity contribution in [2.75, 3.05) is 25.0 Å². The van der Waals surface area contributed by atoms with Crippen LogP contribution in [-0.2, 0) is 9.59 Å². The Morgan fingerprint density at radius 3 is 2.38 bits per heavy atom. The average molecular weight is 299 g/mol. The zero-order valence-electron chi connectivity index (χ0n) is 12.0. The molecule has 21 heavy (non-hydrogen) atoms. The normalized spacial score (nSPS) is 11.9. The van der Waals surface area contributed by atoms with Crippen LogP contribution in [0.2, 0.25) is 0 Å². The maximum Gasteiger partial charge on any atom is 0.244 e. The standard InChI is InChI=1S/C14H19F2N3O2/c1-3-19(14(21)9(2)7-17)8-12(20)18-13-10(15)5-4-6-11(13)16/h4-6,9H,3,7-8,17H2,1-2H3,(H,18,20). The predicted molar refractivity (Wildman–Crippen MR) is 75.5 cm³/mol. The summed E-state index contributed by atoms with van der Waals surface area (Å²) >= 11 is 0. The quantitative estimate of drug-likeness (QED) is 0.832. The second-order valence-corrected chi connectivity index (χ2v) is 4.63. The molecular formula is C14H19F2N3O2. The lowest BCUT2D eigenvalue weighted by molar-refractivity contribution is -0.137. The fourth-order valence-corrected chi connectivity index (χ4v) is 1.73. The molecule has 0 spiro atoms. The van der Waals surface area contributed by atoms with Crippen LogP contribution in [0.4, 0.5) is 14.5 Å². The number of nitrogens with two attached hydrogens (primary N) is 1. The number of likely N-dealkylation sites (N-methyl/N-ethyl adjacent to an activating group) is 1.